The largest absolute Gasteiger partial charge is 0.382 e. The molecule has 0 spiro atoms. The van der Waals surface area contributed by atoms with E-state index < -0.39 is 0 Å². The zero-order valence-corrected chi connectivity index (χ0v) is 12.4. The molecule has 1 aromatic rings. The fourth-order valence-corrected chi connectivity index (χ4v) is 3.92. The first kappa shape index (κ1) is 13.0. The van der Waals surface area contributed by atoms with Crippen LogP contribution in [-0.4, -0.2) is 16.7 Å². The molecule has 1 aliphatic rings. The first-order valence-corrected chi connectivity index (χ1v) is 8.07. The molecule has 96 valence electrons. The summed E-state index contributed by atoms with van der Waals surface area (Å²) < 4.78 is 4.22. The van der Waals surface area contributed by atoms with Crippen molar-refractivity contribution in [3.63, 3.8) is 0 Å². The summed E-state index contributed by atoms with van der Waals surface area (Å²) in [5, 5.41) is 4.77. The zero-order chi connectivity index (χ0) is 12.5. The molecule has 1 aromatic heterocycles. The molecule has 17 heavy (non-hydrogen) atoms. The zero-order valence-electron chi connectivity index (χ0n) is 10.7. The van der Waals surface area contributed by atoms with Gasteiger partial charge in [0.15, 0.2) is 5.82 Å². The Kier molecular flexibility index (Phi) is 3.88. The molecule has 5 heteroatoms. The Morgan fingerprint density at radius 3 is 2.65 bits per heavy atom. The standard InChI is InChI=1S/C12H21N3S2/c1-12(2)6-4-8(5-7-12)14-11-9(16-3)10(13)15-17-11/h8,14H,4-7H2,1-3H3,(H2,13,15). The summed E-state index contributed by atoms with van der Waals surface area (Å²) in [6.07, 6.45) is 7.15. The average molecular weight is 271 g/mol. The average Bonchev–Trinajstić information content (AvgIpc) is 2.62. The molecule has 0 radical (unpaired) electrons. The lowest BCUT2D eigenvalue weighted by Crippen LogP contribution is -2.29. The van der Waals surface area contributed by atoms with Gasteiger partial charge in [-0.3, -0.25) is 0 Å². The maximum absolute atomic E-state index is 5.84. The Bertz CT molecular complexity index is 377. The topological polar surface area (TPSA) is 50.9 Å². The summed E-state index contributed by atoms with van der Waals surface area (Å²) >= 11 is 3.16. The van der Waals surface area contributed by atoms with Gasteiger partial charge < -0.3 is 11.1 Å². The number of hydrogen-bond donors (Lipinski definition) is 2. The van der Waals surface area contributed by atoms with Gasteiger partial charge in [-0.2, -0.15) is 4.37 Å². The third kappa shape index (κ3) is 3.07. The van der Waals surface area contributed by atoms with Gasteiger partial charge in [0, 0.05) is 6.04 Å². The summed E-state index contributed by atoms with van der Waals surface area (Å²) in [6, 6.07) is 0.591. The Hall–Kier alpha value is -0.420. The van der Waals surface area contributed by atoms with Crippen LogP contribution in [0.25, 0.3) is 0 Å². The molecule has 0 amide bonds. The van der Waals surface area contributed by atoms with E-state index in [1.165, 1.54) is 37.2 Å². The highest BCUT2D eigenvalue weighted by molar-refractivity contribution is 7.99. The molecule has 0 unspecified atom stereocenters. The lowest BCUT2D eigenvalue weighted by Gasteiger charge is -2.34. The number of rotatable bonds is 3. The van der Waals surface area contributed by atoms with E-state index in [1.807, 2.05) is 0 Å². The molecule has 1 saturated carbocycles. The van der Waals surface area contributed by atoms with Crippen molar-refractivity contribution in [2.75, 3.05) is 17.3 Å². The fourth-order valence-electron chi connectivity index (χ4n) is 2.31. The van der Waals surface area contributed by atoms with Gasteiger partial charge in [0.2, 0.25) is 0 Å². The van der Waals surface area contributed by atoms with Crippen LogP contribution in [-0.2, 0) is 0 Å². The van der Waals surface area contributed by atoms with Gasteiger partial charge in [-0.1, -0.05) is 13.8 Å². The summed E-state index contributed by atoms with van der Waals surface area (Å²) in [7, 11) is 0. The Balaban J connectivity index is 1.98. The van der Waals surface area contributed by atoms with Gasteiger partial charge in [-0.25, -0.2) is 0 Å². The van der Waals surface area contributed by atoms with E-state index in [0.717, 1.165) is 9.90 Å². The maximum atomic E-state index is 5.84. The van der Waals surface area contributed by atoms with Crippen molar-refractivity contribution in [1.29, 1.82) is 0 Å². The van der Waals surface area contributed by atoms with Crippen LogP contribution in [0.3, 0.4) is 0 Å². The lowest BCUT2D eigenvalue weighted by molar-refractivity contribution is 0.232. The Labute approximate surface area is 112 Å². The molecule has 0 atom stereocenters. The Morgan fingerprint density at radius 1 is 1.41 bits per heavy atom. The summed E-state index contributed by atoms with van der Waals surface area (Å²) in [4.78, 5) is 1.11. The van der Waals surface area contributed by atoms with Gasteiger partial charge in [-0.05, 0) is 48.9 Å². The second-order valence-electron chi connectivity index (χ2n) is 5.51. The van der Waals surface area contributed by atoms with Gasteiger partial charge in [0.25, 0.3) is 0 Å². The molecule has 1 aliphatic carbocycles. The highest BCUT2D eigenvalue weighted by Crippen LogP contribution is 2.39. The monoisotopic (exact) mass is 271 g/mol. The van der Waals surface area contributed by atoms with Crippen LogP contribution >= 0.6 is 23.3 Å². The second-order valence-corrected chi connectivity index (χ2v) is 7.10. The predicted molar refractivity (Wildman–Crippen MR) is 78.0 cm³/mol. The fraction of sp³-hybridized carbons (Fsp3) is 0.750. The van der Waals surface area contributed by atoms with Gasteiger partial charge >= 0.3 is 0 Å². The molecular weight excluding hydrogens is 250 g/mol. The van der Waals surface area contributed by atoms with Crippen LogP contribution < -0.4 is 11.1 Å². The number of thioether (sulfide) groups is 1. The number of hydrogen-bond acceptors (Lipinski definition) is 5. The number of anilines is 2. The van der Waals surface area contributed by atoms with E-state index in [9.17, 15) is 0 Å². The minimum atomic E-state index is 0.521. The summed E-state index contributed by atoms with van der Waals surface area (Å²) in [6.45, 7) is 4.72. The van der Waals surface area contributed by atoms with Gasteiger partial charge in [-0.15, -0.1) is 11.8 Å². The van der Waals surface area contributed by atoms with E-state index in [2.05, 4.69) is 29.8 Å². The number of nitrogens with zero attached hydrogens (tertiary/aromatic N) is 1. The van der Waals surface area contributed by atoms with Crippen molar-refractivity contribution in [2.45, 2.75) is 50.5 Å². The number of nitrogens with one attached hydrogen (secondary N) is 1. The van der Waals surface area contributed by atoms with Gasteiger partial charge in [0.05, 0.1) is 4.90 Å². The van der Waals surface area contributed by atoms with Crippen molar-refractivity contribution < 1.29 is 0 Å². The van der Waals surface area contributed by atoms with Crippen LogP contribution in [0.5, 0.6) is 0 Å². The normalized spacial score (nSPS) is 20.4. The predicted octanol–water partition coefficient (Wildman–Crippen LogP) is 3.83. The third-order valence-corrected chi connectivity index (χ3v) is 5.30. The molecule has 0 aromatic carbocycles. The minimum Gasteiger partial charge on any atom is -0.382 e. The lowest BCUT2D eigenvalue weighted by atomic mass is 9.76. The molecule has 3 nitrogen and oxygen atoms in total. The molecule has 0 bridgehead atoms. The van der Waals surface area contributed by atoms with Crippen molar-refractivity contribution in [3.8, 4) is 0 Å². The smallest absolute Gasteiger partial charge is 0.153 e. The molecule has 3 N–H and O–H groups in total. The highest BCUT2D eigenvalue weighted by atomic mass is 32.2. The highest BCUT2D eigenvalue weighted by Gasteiger charge is 2.27. The van der Waals surface area contributed by atoms with Crippen LogP contribution in [0.4, 0.5) is 10.8 Å². The first-order valence-electron chi connectivity index (χ1n) is 6.07. The van der Waals surface area contributed by atoms with E-state index in [-0.39, 0.29) is 0 Å². The van der Waals surface area contributed by atoms with Crippen molar-refractivity contribution in [2.24, 2.45) is 5.41 Å². The summed E-state index contributed by atoms with van der Waals surface area (Å²) in [5.74, 6) is 0.668. The molecule has 2 rings (SSSR count). The van der Waals surface area contributed by atoms with Gasteiger partial charge in [0.1, 0.15) is 5.00 Å². The molecule has 1 heterocycles. The van der Waals surface area contributed by atoms with Crippen LogP contribution in [0.2, 0.25) is 0 Å². The van der Waals surface area contributed by atoms with E-state index in [0.29, 0.717) is 17.3 Å². The molecule has 0 aliphatic heterocycles. The quantitative estimate of drug-likeness (QED) is 0.820. The maximum Gasteiger partial charge on any atom is 0.153 e. The second kappa shape index (κ2) is 5.06. The van der Waals surface area contributed by atoms with Crippen LogP contribution in [0.15, 0.2) is 4.90 Å². The van der Waals surface area contributed by atoms with Crippen molar-refractivity contribution in [1.82, 2.24) is 4.37 Å². The Morgan fingerprint density at radius 2 is 2.06 bits per heavy atom. The number of nitrogen functional groups attached to an aromatic ring is 1. The molecule has 0 saturated heterocycles. The van der Waals surface area contributed by atoms with E-state index >= 15 is 0 Å². The molecular formula is C12H21N3S2. The van der Waals surface area contributed by atoms with Crippen LogP contribution in [0.1, 0.15) is 39.5 Å². The van der Waals surface area contributed by atoms with E-state index in [1.54, 1.807) is 11.8 Å². The molecule has 1 fully saturated rings. The van der Waals surface area contributed by atoms with Crippen molar-refractivity contribution >= 4 is 34.1 Å². The third-order valence-electron chi connectivity index (χ3n) is 3.55. The number of nitrogens with two attached hydrogens (primary N) is 1. The SMILES string of the molecule is CSc1c(N)nsc1NC1CCC(C)(C)CC1. The van der Waals surface area contributed by atoms with Crippen molar-refractivity contribution in [3.05, 3.63) is 0 Å². The minimum absolute atomic E-state index is 0.521. The summed E-state index contributed by atoms with van der Waals surface area (Å²) in [5.41, 5.74) is 6.36. The van der Waals surface area contributed by atoms with E-state index in [4.69, 9.17) is 5.73 Å². The first-order chi connectivity index (χ1) is 8.02. The van der Waals surface area contributed by atoms with Crippen LogP contribution in [0, 0.1) is 5.41 Å². The number of aromatic nitrogens is 1.